The summed E-state index contributed by atoms with van der Waals surface area (Å²) in [5.41, 5.74) is 0. The highest BCUT2D eigenvalue weighted by Gasteiger charge is 2.17. The summed E-state index contributed by atoms with van der Waals surface area (Å²) >= 11 is 0. The zero-order valence-corrected chi connectivity index (χ0v) is 8.79. The Morgan fingerprint density at radius 1 is 1.46 bits per heavy atom. The highest BCUT2D eigenvalue weighted by atomic mass is 16.3. The molecular formula is C10H22N2O. The fraction of sp³-hybridized carbons (Fsp3) is 1.00. The van der Waals surface area contributed by atoms with Crippen LogP contribution in [0.2, 0.25) is 0 Å². The maximum absolute atomic E-state index is 9.16. The maximum atomic E-state index is 9.16. The van der Waals surface area contributed by atoms with Crippen LogP contribution in [0.25, 0.3) is 0 Å². The predicted molar refractivity (Wildman–Crippen MR) is 54.8 cm³/mol. The fourth-order valence-corrected chi connectivity index (χ4v) is 1.82. The number of hydrogen-bond donors (Lipinski definition) is 2. The molecule has 0 aliphatic carbocycles. The first-order valence-electron chi connectivity index (χ1n) is 5.29. The van der Waals surface area contributed by atoms with Gasteiger partial charge in [-0.05, 0) is 46.3 Å². The van der Waals surface area contributed by atoms with Crippen LogP contribution >= 0.6 is 0 Å². The van der Waals surface area contributed by atoms with E-state index >= 15 is 0 Å². The SMILES string of the molecule is CC(O)CCN(C)C1CCNCC1. The lowest BCUT2D eigenvalue weighted by molar-refractivity contribution is 0.138. The summed E-state index contributed by atoms with van der Waals surface area (Å²) in [4.78, 5) is 2.38. The highest BCUT2D eigenvalue weighted by molar-refractivity contribution is 4.75. The van der Waals surface area contributed by atoms with Gasteiger partial charge in [0, 0.05) is 12.6 Å². The lowest BCUT2D eigenvalue weighted by Gasteiger charge is -2.31. The number of aliphatic hydroxyl groups is 1. The van der Waals surface area contributed by atoms with E-state index in [1.165, 1.54) is 12.8 Å². The van der Waals surface area contributed by atoms with Crippen molar-refractivity contribution in [2.75, 3.05) is 26.7 Å². The Kier molecular flexibility index (Phi) is 4.70. The summed E-state index contributed by atoms with van der Waals surface area (Å²) in [7, 11) is 2.17. The summed E-state index contributed by atoms with van der Waals surface area (Å²) < 4.78 is 0. The zero-order chi connectivity index (χ0) is 9.68. The van der Waals surface area contributed by atoms with E-state index in [-0.39, 0.29) is 6.10 Å². The van der Waals surface area contributed by atoms with Gasteiger partial charge in [0.1, 0.15) is 0 Å². The molecule has 0 saturated carbocycles. The van der Waals surface area contributed by atoms with E-state index in [2.05, 4.69) is 17.3 Å². The largest absolute Gasteiger partial charge is 0.393 e. The summed E-state index contributed by atoms with van der Waals surface area (Å²) in [6, 6.07) is 0.722. The smallest absolute Gasteiger partial charge is 0.0524 e. The van der Waals surface area contributed by atoms with Gasteiger partial charge in [0.25, 0.3) is 0 Å². The second kappa shape index (κ2) is 5.58. The number of aliphatic hydroxyl groups excluding tert-OH is 1. The monoisotopic (exact) mass is 186 g/mol. The Labute approximate surface area is 81.1 Å². The molecule has 1 saturated heterocycles. The third-order valence-corrected chi connectivity index (χ3v) is 2.83. The molecule has 0 aromatic carbocycles. The van der Waals surface area contributed by atoms with E-state index in [1.807, 2.05) is 6.92 Å². The third-order valence-electron chi connectivity index (χ3n) is 2.83. The fourth-order valence-electron chi connectivity index (χ4n) is 1.82. The van der Waals surface area contributed by atoms with Gasteiger partial charge in [-0.2, -0.15) is 0 Å². The summed E-state index contributed by atoms with van der Waals surface area (Å²) in [5, 5.41) is 12.5. The molecule has 3 heteroatoms. The molecule has 1 heterocycles. The van der Waals surface area contributed by atoms with Crippen molar-refractivity contribution in [2.24, 2.45) is 0 Å². The Morgan fingerprint density at radius 2 is 2.08 bits per heavy atom. The summed E-state index contributed by atoms with van der Waals surface area (Å²) in [5.74, 6) is 0. The van der Waals surface area contributed by atoms with Gasteiger partial charge in [0.2, 0.25) is 0 Å². The molecule has 1 rings (SSSR count). The van der Waals surface area contributed by atoms with E-state index in [0.29, 0.717) is 0 Å². The summed E-state index contributed by atoms with van der Waals surface area (Å²) in [6.45, 7) is 5.16. The van der Waals surface area contributed by atoms with Gasteiger partial charge in [0.15, 0.2) is 0 Å². The minimum atomic E-state index is -0.163. The number of rotatable bonds is 4. The van der Waals surface area contributed by atoms with Crippen molar-refractivity contribution in [1.29, 1.82) is 0 Å². The first-order valence-corrected chi connectivity index (χ1v) is 5.29. The van der Waals surface area contributed by atoms with Crippen LogP contribution in [0.1, 0.15) is 26.2 Å². The van der Waals surface area contributed by atoms with E-state index in [9.17, 15) is 0 Å². The minimum Gasteiger partial charge on any atom is -0.393 e. The Hall–Kier alpha value is -0.120. The van der Waals surface area contributed by atoms with Crippen LogP contribution in [-0.4, -0.2) is 48.8 Å². The van der Waals surface area contributed by atoms with Crippen LogP contribution in [0.15, 0.2) is 0 Å². The third kappa shape index (κ3) is 4.07. The van der Waals surface area contributed by atoms with Crippen molar-refractivity contribution >= 4 is 0 Å². The van der Waals surface area contributed by atoms with Crippen LogP contribution in [0.5, 0.6) is 0 Å². The van der Waals surface area contributed by atoms with Crippen molar-refractivity contribution in [1.82, 2.24) is 10.2 Å². The van der Waals surface area contributed by atoms with Gasteiger partial charge in [0.05, 0.1) is 6.10 Å². The van der Waals surface area contributed by atoms with Crippen molar-refractivity contribution < 1.29 is 5.11 Å². The molecule has 1 atom stereocenters. The average molecular weight is 186 g/mol. The molecule has 1 aliphatic heterocycles. The maximum Gasteiger partial charge on any atom is 0.0524 e. The van der Waals surface area contributed by atoms with E-state index in [1.54, 1.807) is 0 Å². The van der Waals surface area contributed by atoms with Gasteiger partial charge in [-0.25, -0.2) is 0 Å². The second-order valence-electron chi connectivity index (χ2n) is 4.10. The molecule has 0 bridgehead atoms. The predicted octanol–water partition coefficient (Wildman–Crippen LogP) is 0.441. The molecule has 78 valence electrons. The Morgan fingerprint density at radius 3 is 2.62 bits per heavy atom. The highest BCUT2D eigenvalue weighted by Crippen LogP contribution is 2.10. The molecule has 1 unspecified atom stereocenters. The lowest BCUT2D eigenvalue weighted by Crippen LogP contribution is -2.41. The van der Waals surface area contributed by atoms with Crippen LogP contribution in [0.4, 0.5) is 0 Å². The van der Waals surface area contributed by atoms with Gasteiger partial charge in [-0.3, -0.25) is 0 Å². The molecule has 0 aromatic rings. The molecule has 0 radical (unpaired) electrons. The molecule has 3 nitrogen and oxygen atoms in total. The molecule has 1 aliphatic rings. The number of piperidine rings is 1. The first kappa shape index (κ1) is 11.0. The van der Waals surface area contributed by atoms with Crippen LogP contribution in [0, 0.1) is 0 Å². The van der Waals surface area contributed by atoms with Crippen LogP contribution < -0.4 is 5.32 Å². The molecule has 2 N–H and O–H groups in total. The number of nitrogens with one attached hydrogen (secondary N) is 1. The second-order valence-corrected chi connectivity index (χ2v) is 4.10. The van der Waals surface area contributed by atoms with Crippen molar-refractivity contribution in [2.45, 2.75) is 38.3 Å². The molecule has 13 heavy (non-hydrogen) atoms. The Bertz CT molecular complexity index is 133. The van der Waals surface area contributed by atoms with Crippen molar-refractivity contribution in [3.63, 3.8) is 0 Å². The van der Waals surface area contributed by atoms with Gasteiger partial charge in [-0.1, -0.05) is 0 Å². The molecule has 0 spiro atoms. The standard InChI is InChI=1S/C10H22N2O/c1-9(13)5-8-12(2)10-3-6-11-7-4-10/h9-11,13H,3-8H2,1-2H3. The van der Waals surface area contributed by atoms with Gasteiger partial charge >= 0.3 is 0 Å². The first-order chi connectivity index (χ1) is 6.20. The zero-order valence-electron chi connectivity index (χ0n) is 8.79. The van der Waals surface area contributed by atoms with Crippen molar-refractivity contribution in [3.8, 4) is 0 Å². The lowest BCUT2D eigenvalue weighted by atomic mass is 10.1. The van der Waals surface area contributed by atoms with E-state index in [0.717, 1.165) is 32.1 Å². The van der Waals surface area contributed by atoms with Gasteiger partial charge in [-0.15, -0.1) is 0 Å². The molecular weight excluding hydrogens is 164 g/mol. The molecule has 0 aromatic heterocycles. The normalized spacial score (nSPS) is 22.2. The topological polar surface area (TPSA) is 35.5 Å². The van der Waals surface area contributed by atoms with E-state index < -0.39 is 0 Å². The molecule has 1 fully saturated rings. The van der Waals surface area contributed by atoms with Gasteiger partial charge < -0.3 is 15.3 Å². The number of hydrogen-bond acceptors (Lipinski definition) is 3. The average Bonchev–Trinajstić information content (AvgIpc) is 2.15. The number of nitrogens with zero attached hydrogens (tertiary/aromatic N) is 1. The minimum absolute atomic E-state index is 0.163. The Balaban J connectivity index is 2.17. The molecule has 0 amide bonds. The quantitative estimate of drug-likeness (QED) is 0.669. The summed E-state index contributed by atoms with van der Waals surface area (Å²) in [6.07, 6.45) is 3.22. The van der Waals surface area contributed by atoms with E-state index in [4.69, 9.17) is 5.11 Å². The van der Waals surface area contributed by atoms with Crippen LogP contribution in [0.3, 0.4) is 0 Å². The van der Waals surface area contributed by atoms with Crippen LogP contribution in [-0.2, 0) is 0 Å². The van der Waals surface area contributed by atoms with Crippen molar-refractivity contribution in [3.05, 3.63) is 0 Å².